The van der Waals surface area contributed by atoms with E-state index in [1.165, 1.54) is 6.42 Å². The molecule has 1 aliphatic rings. The first-order chi connectivity index (χ1) is 7.31. The van der Waals surface area contributed by atoms with E-state index in [0.29, 0.717) is 12.5 Å². The second-order valence-corrected chi connectivity index (χ2v) is 5.40. The fraction of sp³-hybridized carbons (Fsp3) is 0.909. The number of likely N-dealkylation sites (N-methyl/N-ethyl adjacent to an activating group) is 1. The van der Waals surface area contributed by atoms with Gasteiger partial charge >= 0.3 is 0 Å². The van der Waals surface area contributed by atoms with Crippen LogP contribution in [0, 0.1) is 5.92 Å². The van der Waals surface area contributed by atoms with Gasteiger partial charge in [0.15, 0.2) is 0 Å². The minimum atomic E-state index is -0.931. The van der Waals surface area contributed by atoms with E-state index in [2.05, 4.69) is 16.8 Å². The Labute approximate surface area is 97.7 Å². The van der Waals surface area contributed by atoms with Crippen LogP contribution < -0.4 is 11.5 Å². The SMILES string of the molecule is CN1CCC(CN(C)CC(C)(N)C(N)=O)C1. The third-order valence-corrected chi connectivity index (χ3v) is 3.22. The van der Waals surface area contributed by atoms with E-state index < -0.39 is 11.4 Å². The number of primary amides is 1. The molecule has 1 saturated heterocycles. The zero-order valence-corrected chi connectivity index (χ0v) is 10.6. The molecule has 1 heterocycles. The van der Waals surface area contributed by atoms with Crippen LogP contribution in [0.3, 0.4) is 0 Å². The van der Waals surface area contributed by atoms with Crippen LogP contribution in [-0.2, 0) is 4.79 Å². The maximum absolute atomic E-state index is 11.1. The summed E-state index contributed by atoms with van der Waals surface area (Å²) in [6.07, 6.45) is 1.22. The molecule has 0 aromatic heterocycles. The maximum Gasteiger partial charge on any atom is 0.238 e. The fourth-order valence-corrected chi connectivity index (χ4v) is 2.32. The van der Waals surface area contributed by atoms with Crippen LogP contribution in [0.1, 0.15) is 13.3 Å². The number of nitrogens with zero attached hydrogens (tertiary/aromatic N) is 2. The lowest BCUT2D eigenvalue weighted by Gasteiger charge is -2.29. The predicted octanol–water partition coefficient (Wildman–Crippen LogP) is -0.927. The second-order valence-electron chi connectivity index (χ2n) is 5.40. The number of hydrogen-bond acceptors (Lipinski definition) is 4. The quantitative estimate of drug-likeness (QED) is 0.637. The van der Waals surface area contributed by atoms with Crippen molar-refractivity contribution in [1.29, 1.82) is 0 Å². The van der Waals surface area contributed by atoms with Gasteiger partial charge in [0.25, 0.3) is 0 Å². The van der Waals surface area contributed by atoms with E-state index in [-0.39, 0.29) is 0 Å². The Morgan fingerprint density at radius 1 is 1.62 bits per heavy atom. The summed E-state index contributed by atoms with van der Waals surface area (Å²) >= 11 is 0. The molecule has 94 valence electrons. The molecule has 2 atom stereocenters. The second kappa shape index (κ2) is 5.12. The van der Waals surface area contributed by atoms with Gasteiger partial charge in [-0.3, -0.25) is 4.79 Å². The van der Waals surface area contributed by atoms with Crippen molar-refractivity contribution in [2.24, 2.45) is 17.4 Å². The first-order valence-electron chi connectivity index (χ1n) is 5.77. The molecule has 0 bridgehead atoms. The maximum atomic E-state index is 11.1. The van der Waals surface area contributed by atoms with Crippen molar-refractivity contribution in [1.82, 2.24) is 9.80 Å². The highest BCUT2D eigenvalue weighted by molar-refractivity contribution is 5.84. The molecule has 0 aliphatic carbocycles. The molecule has 0 spiro atoms. The monoisotopic (exact) mass is 228 g/mol. The van der Waals surface area contributed by atoms with Crippen molar-refractivity contribution in [3.8, 4) is 0 Å². The van der Waals surface area contributed by atoms with Gasteiger partial charge in [0.1, 0.15) is 5.54 Å². The number of carbonyl (C=O) groups is 1. The largest absolute Gasteiger partial charge is 0.368 e. The number of rotatable bonds is 5. The summed E-state index contributed by atoms with van der Waals surface area (Å²) in [6.45, 7) is 5.47. The minimum Gasteiger partial charge on any atom is -0.368 e. The van der Waals surface area contributed by atoms with E-state index in [1.807, 2.05) is 7.05 Å². The van der Waals surface area contributed by atoms with Crippen LogP contribution in [0.4, 0.5) is 0 Å². The van der Waals surface area contributed by atoms with Crippen LogP contribution in [0.2, 0.25) is 0 Å². The smallest absolute Gasteiger partial charge is 0.238 e. The standard InChI is InChI=1S/C11H24N4O/c1-11(13,10(12)16)8-15(3)7-9-4-5-14(2)6-9/h9H,4-8,13H2,1-3H3,(H2,12,16). The molecular formula is C11H24N4O. The van der Waals surface area contributed by atoms with Gasteiger partial charge in [0.2, 0.25) is 5.91 Å². The molecule has 1 rings (SSSR count). The molecule has 1 amide bonds. The van der Waals surface area contributed by atoms with E-state index >= 15 is 0 Å². The summed E-state index contributed by atoms with van der Waals surface area (Å²) in [6, 6.07) is 0. The summed E-state index contributed by atoms with van der Waals surface area (Å²) in [5, 5.41) is 0. The molecule has 0 radical (unpaired) electrons. The lowest BCUT2D eigenvalue weighted by Crippen LogP contribution is -2.56. The number of amides is 1. The Balaban J connectivity index is 2.36. The molecule has 1 fully saturated rings. The number of likely N-dealkylation sites (tertiary alicyclic amines) is 1. The summed E-state index contributed by atoms with van der Waals surface area (Å²) in [5.41, 5.74) is 10.2. The summed E-state index contributed by atoms with van der Waals surface area (Å²) in [5.74, 6) is 0.238. The fourth-order valence-electron chi connectivity index (χ4n) is 2.32. The molecule has 0 saturated carbocycles. The Kier molecular flexibility index (Phi) is 4.29. The van der Waals surface area contributed by atoms with Crippen molar-refractivity contribution in [3.63, 3.8) is 0 Å². The highest BCUT2D eigenvalue weighted by Crippen LogP contribution is 2.15. The normalized spacial score (nSPS) is 25.9. The first kappa shape index (κ1) is 13.4. The summed E-state index contributed by atoms with van der Waals surface area (Å²) in [4.78, 5) is 15.5. The van der Waals surface area contributed by atoms with Gasteiger partial charge in [0, 0.05) is 19.6 Å². The lowest BCUT2D eigenvalue weighted by molar-refractivity contribution is -0.123. The van der Waals surface area contributed by atoms with Crippen LogP contribution in [-0.4, -0.2) is 61.5 Å². The molecule has 0 aromatic carbocycles. The van der Waals surface area contributed by atoms with Gasteiger partial charge in [-0.05, 0) is 39.9 Å². The Morgan fingerprint density at radius 3 is 2.69 bits per heavy atom. The summed E-state index contributed by atoms with van der Waals surface area (Å²) < 4.78 is 0. The Hall–Kier alpha value is -0.650. The van der Waals surface area contributed by atoms with Crippen molar-refractivity contribution in [2.75, 3.05) is 40.3 Å². The predicted molar refractivity (Wildman–Crippen MR) is 64.9 cm³/mol. The van der Waals surface area contributed by atoms with E-state index in [9.17, 15) is 4.79 Å². The molecule has 0 aromatic rings. The van der Waals surface area contributed by atoms with Crippen LogP contribution in [0.25, 0.3) is 0 Å². The zero-order chi connectivity index (χ0) is 12.3. The number of nitrogens with two attached hydrogens (primary N) is 2. The first-order valence-corrected chi connectivity index (χ1v) is 5.77. The van der Waals surface area contributed by atoms with E-state index in [4.69, 9.17) is 11.5 Å². The third kappa shape index (κ3) is 3.73. The highest BCUT2D eigenvalue weighted by atomic mass is 16.1. The number of hydrogen-bond donors (Lipinski definition) is 2. The molecule has 4 N–H and O–H groups in total. The third-order valence-electron chi connectivity index (χ3n) is 3.22. The van der Waals surface area contributed by atoms with Gasteiger partial charge < -0.3 is 21.3 Å². The molecule has 5 heteroatoms. The Bertz CT molecular complexity index is 254. The van der Waals surface area contributed by atoms with Crippen LogP contribution >= 0.6 is 0 Å². The van der Waals surface area contributed by atoms with Gasteiger partial charge in [-0.1, -0.05) is 0 Å². The summed E-state index contributed by atoms with van der Waals surface area (Å²) in [7, 11) is 4.13. The lowest BCUT2D eigenvalue weighted by atomic mass is 10.0. The molecular weight excluding hydrogens is 204 g/mol. The van der Waals surface area contributed by atoms with E-state index in [1.54, 1.807) is 6.92 Å². The molecule has 5 nitrogen and oxygen atoms in total. The molecule has 2 unspecified atom stereocenters. The topological polar surface area (TPSA) is 75.6 Å². The zero-order valence-electron chi connectivity index (χ0n) is 10.6. The van der Waals surface area contributed by atoms with Crippen molar-refractivity contribution in [3.05, 3.63) is 0 Å². The molecule has 16 heavy (non-hydrogen) atoms. The Morgan fingerprint density at radius 2 is 2.25 bits per heavy atom. The van der Waals surface area contributed by atoms with Gasteiger partial charge in [-0.2, -0.15) is 0 Å². The van der Waals surface area contributed by atoms with Crippen LogP contribution in [0.5, 0.6) is 0 Å². The minimum absolute atomic E-state index is 0.442. The average molecular weight is 228 g/mol. The van der Waals surface area contributed by atoms with Gasteiger partial charge in [0.05, 0.1) is 0 Å². The van der Waals surface area contributed by atoms with Gasteiger partial charge in [-0.15, -0.1) is 0 Å². The van der Waals surface area contributed by atoms with E-state index in [0.717, 1.165) is 19.6 Å². The highest BCUT2D eigenvalue weighted by Gasteiger charge is 2.29. The van der Waals surface area contributed by atoms with Crippen LogP contribution in [0.15, 0.2) is 0 Å². The number of carbonyl (C=O) groups excluding carboxylic acids is 1. The molecule has 1 aliphatic heterocycles. The average Bonchev–Trinajstić information content (AvgIpc) is 2.49. The van der Waals surface area contributed by atoms with Gasteiger partial charge in [-0.25, -0.2) is 0 Å². The van der Waals surface area contributed by atoms with Crippen molar-refractivity contribution < 1.29 is 4.79 Å². The van der Waals surface area contributed by atoms with Crippen molar-refractivity contribution >= 4 is 5.91 Å². The van der Waals surface area contributed by atoms with Crippen molar-refractivity contribution in [2.45, 2.75) is 18.9 Å².